The Bertz CT molecular complexity index is 655. The Labute approximate surface area is 109 Å². The number of nitrogens with two attached hydrogens (primary N) is 1. The number of imidazole rings is 1. The molecule has 102 valence electrons. The van der Waals surface area contributed by atoms with Gasteiger partial charge in [0.15, 0.2) is 0 Å². The molecule has 1 aromatic carbocycles. The van der Waals surface area contributed by atoms with Gasteiger partial charge in [-0.1, -0.05) is 0 Å². The molecule has 0 radical (unpaired) electrons. The maximum atomic E-state index is 13.0. The Morgan fingerprint density at radius 3 is 2.84 bits per heavy atom. The highest BCUT2D eigenvalue weighted by molar-refractivity contribution is 7.89. The molecule has 0 unspecified atom stereocenters. The predicted molar refractivity (Wildman–Crippen MR) is 68.3 cm³/mol. The van der Waals surface area contributed by atoms with Crippen LogP contribution in [0.15, 0.2) is 35.5 Å². The van der Waals surface area contributed by atoms with Crippen LogP contribution >= 0.6 is 0 Å². The highest BCUT2D eigenvalue weighted by Gasteiger charge is 2.15. The van der Waals surface area contributed by atoms with Gasteiger partial charge < -0.3 is 10.7 Å². The molecule has 0 amide bonds. The van der Waals surface area contributed by atoms with E-state index in [1.807, 2.05) is 0 Å². The lowest BCUT2D eigenvalue weighted by Crippen LogP contribution is -2.26. The average molecular weight is 284 g/mol. The summed E-state index contributed by atoms with van der Waals surface area (Å²) in [5.41, 5.74) is 5.14. The van der Waals surface area contributed by atoms with Gasteiger partial charge in [-0.15, -0.1) is 0 Å². The first-order valence-electron chi connectivity index (χ1n) is 5.52. The van der Waals surface area contributed by atoms with Crippen molar-refractivity contribution in [1.29, 1.82) is 0 Å². The van der Waals surface area contributed by atoms with E-state index < -0.39 is 15.8 Å². The number of hydrogen-bond acceptors (Lipinski definition) is 4. The predicted octanol–water partition coefficient (Wildman–Crippen LogP) is 0.652. The van der Waals surface area contributed by atoms with Gasteiger partial charge in [-0.25, -0.2) is 22.5 Å². The first kappa shape index (κ1) is 13.5. The zero-order valence-electron chi connectivity index (χ0n) is 9.93. The number of anilines is 1. The van der Waals surface area contributed by atoms with Gasteiger partial charge in [-0.3, -0.25) is 0 Å². The lowest BCUT2D eigenvalue weighted by molar-refractivity contribution is 0.580. The average Bonchev–Trinajstić information content (AvgIpc) is 2.85. The highest BCUT2D eigenvalue weighted by atomic mass is 32.2. The van der Waals surface area contributed by atoms with E-state index in [-0.39, 0.29) is 17.1 Å². The van der Waals surface area contributed by atoms with Gasteiger partial charge in [0.2, 0.25) is 10.0 Å². The lowest BCUT2D eigenvalue weighted by atomic mass is 10.3. The molecular formula is C11H13FN4O2S. The summed E-state index contributed by atoms with van der Waals surface area (Å²) in [4.78, 5) is 6.77. The summed E-state index contributed by atoms with van der Waals surface area (Å²) in [6, 6.07) is 3.28. The summed E-state index contributed by atoms with van der Waals surface area (Å²) in [6.07, 6.45) is 3.68. The van der Waals surface area contributed by atoms with E-state index in [9.17, 15) is 12.8 Å². The Hall–Kier alpha value is -1.93. The number of halogens is 1. The monoisotopic (exact) mass is 284 g/mol. The molecule has 2 aromatic rings. The molecule has 1 aromatic heterocycles. The number of aromatic nitrogens is 2. The number of benzene rings is 1. The molecule has 1 heterocycles. The van der Waals surface area contributed by atoms with Gasteiger partial charge in [0.05, 0.1) is 10.6 Å². The second-order valence-electron chi connectivity index (χ2n) is 3.87. The number of rotatable bonds is 5. The molecule has 0 aliphatic rings. The molecular weight excluding hydrogens is 271 g/mol. The minimum atomic E-state index is -3.69. The molecule has 0 spiro atoms. The van der Waals surface area contributed by atoms with Crippen molar-refractivity contribution in [3.8, 4) is 0 Å². The van der Waals surface area contributed by atoms with Crippen molar-refractivity contribution in [2.24, 2.45) is 0 Å². The molecule has 8 heteroatoms. The zero-order chi connectivity index (χ0) is 13.9. The van der Waals surface area contributed by atoms with E-state index in [1.165, 1.54) is 6.07 Å². The van der Waals surface area contributed by atoms with Crippen molar-refractivity contribution in [2.45, 2.75) is 11.3 Å². The fourth-order valence-corrected chi connectivity index (χ4v) is 2.58. The van der Waals surface area contributed by atoms with Crippen LogP contribution in [-0.2, 0) is 16.4 Å². The first-order valence-corrected chi connectivity index (χ1v) is 7.00. The molecule has 0 saturated heterocycles. The molecule has 4 N–H and O–H groups in total. The summed E-state index contributed by atoms with van der Waals surface area (Å²) in [7, 11) is -3.69. The van der Waals surface area contributed by atoms with Gasteiger partial charge in [0, 0.05) is 25.4 Å². The minimum Gasteiger partial charge on any atom is -0.396 e. The van der Waals surface area contributed by atoms with Gasteiger partial charge >= 0.3 is 0 Å². The molecule has 19 heavy (non-hydrogen) atoms. The molecule has 0 aliphatic carbocycles. The van der Waals surface area contributed by atoms with Crippen LogP contribution in [0.4, 0.5) is 10.1 Å². The maximum Gasteiger partial charge on any atom is 0.240 e. The van der Waals surface area contributed by atoms with Gasteiger partial charge in [0.1, 0.15) is 11.6 Å². The van der Waals surface area contributed by atoms with E-state index in [2.05, 4.69) is 14.7 Å². The van der Waals surface area contributed by atoms with Crippen LogP contribution in [0.1, 0.15) is 5.82 Å². The number of nitrogens with one attached hydrogen (secondary N) is 2. The summed E-state index contributed by atoms with van der Waals surface area (Å²) in [5.74, 6) is 0.0378. The largest absolute Gasteiger partial charge is 0.396 e. The third kappa shape index (κ3) is 3.30. The molecule has 0 fully saturated rings. The van der Waals surface area contributed by atoms with Crippen LogP contribution in [0.3, 0.4) is 0 Å². The van der Waals surface area contributed by atoms with Crippen LogP contribution < -0.4 is 10.5 Å². The number of nitrogen functional groups attached to an aromatic ring is 1. The van der Waals surface area contributed by atoms with Crippen LogP contribution in [0.5, 0.6) is 0 Å². The minimum absolute atomic E-state index is 0.0640. The van der Waals surface area contributed by atoms with Crippen molar-refractivity contribution in [3.63, 3.8) is 0 Å². The van der Waals surface area contributed by atoms with Crippen molar-refractivity contribution in [1.82, 2.24) is 14.7 Å². The van der Waals surface area contributed by atoms with Crippen molar-refractivity contribution in [3.05, 3.63) is 42.2 Å². The van der Waals surface area contributed by atoms with Gasteiger partial charge in [-0.05, 0) is 18.2 Å². The topological polar surface area (TPSA) is 101 Å². The number of aromatic amines is 1. The van der Waals surface area contributed by atoms with E-state index >= 15 is 0 Å². The van der Waals surface area contributed by atoms with E-state index in [1.54, 1.807) is 12.4 Å². The first-order chi connectivity index (χ1) is 8.99. The lowest BCUT2D eigenvalue weighted by Gasteiger charge is -2.07. The fourth-order valence-electron chi connectivity index (χ4n) is 1.51. The Morgan fingerprint density at radius 2 is 2.21 bits per heavy atom. The quantitative estimate of drug-likeness (QED) is 0.702. The van der Waals surface area contributed by atoms with E-state index in [0.29, 0.717) is 12.2 Å². The maximum absolute atomic E-state index is 13.0. The highest BCUT2D eigenvalue weighted by Crippen LogP contribution is 2.16. The van der Waals surface area contributed by atoms with Crippen LogP contribution in [0.25, 0.3) is 0 Å². The standard InChI is InChI=1S/C11H13FN4O2S/c12-9-2-1-8(7-10(9)13)19(17,18)16-4-3-11-14-5-6-15-11/h1-2,5-7,16H,3-4,13H2,(H,14,15). The van der Waals surface area contributed by atoms with E-state index in [0.717, 1.165) is 12.1 Å². The zero-order valence-corrected chi connectivity index (χ0v) is 10.7. The van der Waals surface area contributed by atoms with Gasteiger partial charge in [0.25, 0.3) is 0 Å². The summed E-state index contributed by atoms with van der Waals surface area (Å²) >= 11 is 0. The molecule has 0 atom stereocenters. The summed E-state index contributed by atoms with van der Waals surface area (Å²) in [5, 5.41) is 0. The number of nitrogens with zero attached hydrogens (tertiary/aromatic N) is 1. The van der Waals surface area contributed by atoms with Crippen molar-refractivity contribution < 1.29 is 12.8 Å². The van der Waals surface area contributed by atoms with Crippen molar-refractivity contribution >= 4 is 15.7 Å². The third-order valence-electron chi connectivity index (χ3n) is 2.49. The molecule has 0 saturated carbocycles. The Morgan fingerprint density at radius 1 is 1.42 bits per heavy atom. The molecule has 6 nitrogen and oxygen atoms in total. The Kier molecular flexibility index (Phi) is 3.82. The molecule has 0 bridgehead atoms. The van der Waals surface area contributed by atoms with Gasteiger partial charge in [-0.2, -0.15) is 0 Å². The second-order valence-corrected chi connectivity index (χ2v) is 5.63. The second kappa shape index (κ2) is 5.37. The number of hydrogen-bond donors (Lipinski definition) is 3. The third-order valence-corrected chi connectivity index (χ3v) is 3.95. The fraction of sp³-hybridized carbons (Fsp3) is 0.182. The molecule has 0 aliphatic heterocycles. The summed E-state index contributed by atoms with van der Waals surface area (Å²) in [6.45, 7) is 0.188. The van der Waals surface area contributed by atoms with Crippen LogP contribution in [0, 0.1) is 5.82 Å². The normalized spacial score (nSPS) is 11.6. The number of sulfonamides is 1. The SMILES string of the molecule is Nc1cc(S(=O)(=O)NCCc2ncc[nH]2)ccc1F. The Balaban J connectivity index is 2.03. The molecule has 2 rings (SSSR count). The van der Waals surface area contributed by atoms with E-state index in [4.69, 9.17) is 5.73 Å². The number of H-pyrrole nitrogens is 1. The summed E-state index contributed by atoms with van der Waals surface area (Å²) < 4.78 is 39.2. The smallest absolute Gasteiger partial charge is 0.240 e. The van der Waals surface area contributed by atoms with Crippen LogP contribution in [0.2, 0.25) is 0 Å². The van der Waals surface area contributed by atoms with Crippen molar-refractivity contribution in [2.75, 3.05) is 12.3 Å². The van der Waals surface area contributed by atoms with Crippen LogP contribution in [-0.4, -0.2) is 24.9 Å².